The van der Waals surface area contributed by atoms with Crippen LogP contribution in [-0.2, 0) is 4.79 Å². The molecule has 0 saturated carbocycles. The highest BCUT2D eigenvalue weighted by Gasteiger charge is 2.36. The minimum absolute atomic E-state index is 0.115. The lowest BCUT2D eigenvalue weighted by Crippen LogP contribution is -2.26. The van der Waals surface area contributed by atoms with Gasteiger partial charge in [0.2, 0.25) is 0 Å². The maximum Gasteiger partial charge on any atom is 0.163 e. The van der Waals surface area contributed by atoms with Gasteiger partial charge in [0, 0.05) is 17.7 Å². The Morgan fingerprint density at radius 3 is 2.08 bits per heavy atom. The number of benzene rings is 3. The molecule has 0 bridgehead atoms. The molecule has 1 aliphatic carbocycles. The van der Waals surface area contributed by atoms with Crippen LogP contribution in [0.25, 0.3) is 0 Å². The molecule has 5 nitrogen and oxygen atoms in total. The number of Topliss-reactive ketones (excluding diaryl/α,β-unsaturated/α-hetero) is 1. The number of carbonyl (C=O) groups is 1. The van der Waals surface area contributed by atoms with E-state index in [0.29, 0.717) is 6.42 Å². The lowest BCUT2D eigenvalue weighted by molar-refractivity contribution is -0.116. The highest BCUT2D eigenvalue weighted by molar-refractivity contribution is 6.01. The number of hydrogen-bond donors (Lipinski definition) is 2. The van der Waals surface area contributed by atoms with E-state index >= 15 is 0 Å². The van der Waals surface area contributed by atoms with E-state index in [4.69, 9.17) is 9.47 Å². The summed E-state index contributed by atoms with van der Waals surface area (Å²) < 4.78 is 11.8. The van der Waals surface area contributed by atoms with Gasteiger partial charge in [0.1, 0.15) is 11.5 Å². The number of ketones is 1. The normalized spacial score (nSPS) is 19.8. The second-order valence-electron chi connectivity index (χ2n) is 10.3. The van der Waals surface area contributed by atoms with Crippen molar-refractivity contribution >= 4 is 17.2 Å². The zero-order valence-electron chi connectivity index (χ0n) is 22.1. The number of nitrogens with one attached hydrogen (secondary N) is 2. The minimum Gasteiger partial charge on any atom is -0.491 e. The average Bonchev–Trinajstić information content (AvgIpc) is 3.06. The van der Waals surface area contributed by atoms with E-state index in [1.807, 2.05) is 50.2 Å². The third-order valence-electron chi connectivity index (χ3n) is 7.16. The Hall–Kier alpha value is -3.73. The van der Waals surface area contributed by atoms with Crippen LogP contribution in [0.3, 0.4) is 0 Å². The first-order valence-electron chi connectivity index (χ1n) is 13.3. The zero-order chi connectivity index (χ0) is 25.9. The molecule has 192 valence electrons. The van der Waals surface area contributed by atoms with Gasteiger partial charge in [-0.2, -0.15) is 0 Å². The molecule has 3 unspecified atom stereocenters. The Balaban J connectivity index is 1.47. The summed E-state index contributed by atoms with van der Waals surface area (Å²) in [5.74, 6) is 1.99. The number of carbonyl (C=O) groups excluding carboxylic acids is 1. The van der Waals surface area contributed by atoms with Gasteiger partial charge in [-0.15, -0.1) is 0 Å². The predicted octanol–water partition coefficient (Wildman–Crippen LogP) is 7.63. The lowest BCUT2D eigenvalue weighted by atomic mass is 9.78. The van der Waals surface area contributed by atoms with Gasteiger partial charge in [-0.05, 0) is 87.1 Å². The van der Waals surface area contributed by atoms with Crippen molar-refractivity contribution in [3.63, 3.8) is 0 Å². The number of rotatable bonds is 7. The van der Waals surface area contributed by atoms with Crippen LogP contribution in [0.5, 0.6) is 11.5 Å². The molecule has 3 aromatic carbocycles. The first-order valence-corrected chi connectivity index (χ1v) is 13.3. The molecule has 3 atom stereocenters. The molecule has 2 N–H and O–H groups in total. The third-order valence-corrected chi connectivity index (χ3v) is 7.16. The van der Waals surface area contributed by atoms with E-state index in [0.717, 1.165) is 58.1 Å². The van der Waals surface area contributed by atoms with Crippen LogP contribution < -0.4 is 20.1 Å². The number of fused-ring (bicyclic) bond motifs is 1. The standard InChI is InChI=1S/C32H36N2O3/c1-5-21(4)37-26-16-12-23(13-17-26)32-31-29(33-27-8-6-7-9-28(27)34-32)18-24(19-30(31)35)22-10-14-25(15-11-22)36-20(2)3/h6-17,20-21,24,32-34H,5,18-19H2,1-4H3. The molecular formula is C32H36N2O3. The molecule has 0 spiro atoms. The third kappa shape index (κ3) is 5.51. The van der Waals surface area contributed by atoms with Gasteiger partial charge in [-0.3, -0.25) is 4.79 Å². The fraction of sp³-hybridized carbons (Fsp3) is 0.344. The summed E-state index contributed by atoms with van der Waals surface area (Å²) in [4.78, 5) is 13.8. The van der Waals surface area contributed by atoms with Crippen LogP contribution in [-0.4, -0.2) is 18.0 Å². The maximum absolute atomic E-state index is 13.8. The second-order valence-corrected chi connectivity index (χ2v) is 10.3. The Bertz CT molecular complexity index is 1280. The Labute approximate surface area is 219 Å². The molecule has 37 heavy (non-hydrogen) atoms. The highest BCUT2D eigenvalue weighted by atomic mass is 16.5. The summed E-state index contributed by atoms with van der Waals surface area (Å²) in [5.41, 5.74) is 5.99. The average molecular weight is 497 g/mol. The van der Waals surface area contributed by atoms with E-state index in [1.165, 1.54) is 0 Å². The summed E-state index contributed by atoms with van der Waals surface area (Å²) in [6, 6.07) is 24.3. The Morgan fingerprint density at radius 1 is 0.811 bits per heavy atom. The first-order chi connectivity index (χ1) is 17.9. The van der Waals surface area contributed by atoms with Crippen LogP contribution in [0, 0.1) is 0 Å². The maximum atomic E-state index is 13.8. The van der Waals surface area contributed by atoms with Crippen LogP contribution in [0.1, 0.15) is 70.0 Å². The van der Waals surface area contributed by atoms with Crippen LogP contribution in [0.4, 0.5) is 11.4 Å². The smallest absolute Gasteiger partial charge is 0.163 e. The topological polar surface area (TPSA) is 59.6 Å². The molecule has 0 aromatic heterocycles. The van der Waals surface area contributed by atoms with E-state index < -0.39 is 0 Å². The summed E-state index contributed by atoms with van der Waals surface area (Å²) >= 11 is 0. The van der Waals surface area contributed by atoms with Crippen LogP contribution in [0.2, 0.25) is 0 Å². The largest absolute Gasteiger partial charge is 0.491 e. The molecule has 2 aliphatic rings. The minimum atomic E-state index is -0.237. The Kier molecular flexibility index (Phi) is 7.22. The predicted molar refractivity (Wildman–Crippen MR) is 149 cm³/mol. The molecule has 1 heterocycles. The number of allylic oxidation sites excluding steroid dienone is 1. The van der Waals surface area contributed by atoms with Crippen molar-refractivity contribution in [3.8, 4) is 11.5 Å². The monoisotopic (exact) mass is 496 g/mol. The molecule has 5 rings (SSSR count). The van der Waals surface area contributed by atoms with Crippen molar-refractivity contribution in [2.45, 2.75) is 71.1 Å². The van der Waals surface area contributed by atoms with Gasteiger partial charge in [0.15, 0.2) is 5.78 Å². The zero-order valence-corrected chi connectivity index (χ0v) is 22.1. The van der Waals surface area contributed by atoms with Gasteiger partial charge >= 0.3 is 0 Å². The number of anilines is 2. The Morgan fingerprint density at radius 2 is 1.43 bits per heavy atom. The highest BCUT2D eigenvalue weighted by Crippen LogP contribution is 2.44. The van der Waals surface area contributed by atoms with Crippen LogP contribution in [0.15, 0.2) is 84.1 Å². The molecule has 1 aliphatic heterocycles. The van der Waals surface area contributed by atoms with E-state index in [-0.39, 0.29) is 30.0 Å². The molecular weight excluding hydrogens is 460 g/mol. The van der Waals surface area contributed by atoms with Crippen molar-refractivity contribution < 1.29 is 14.3 Å². The summed E-state index contributed by atoms with van der Waals surface area (Å²) in [6.45, 7) is 8.23. The van der Waals surface area contributed by atoms with Crippen molar-refractivity contribution in [1.29, 1.82) is 0 Å². The quantitative estimate of drug-likeness (QED) is 0.352. The van der Waals surface area contributed by atoms with Crippen molar-refractivity contribution in [3.05, 3.63) is 95.2 Å². The van der Waals surface area contributed by atoms with E-state index in [2.05, 4.69) is 60.9 Å². The SMILES string of the molecule is CCC(C)Oc1ccc(C2Nc3ccccc3NC3=C2C(=O)CC(c2ccc(OC(C)C)cc2)C3)cc1. The van der Waals surface area contributed by atoms with Crippen LogP contribution >= 0.6 is 0 Å². The second kappa shape index (κ2) is 10.7. The molecule has 3 aromatic rings. The molecule has 0 amide bonds. The molecule has 5 heteroatoms. The molecule has 0 radical (unpaired) electrons. The number of para-hydroxylation sites is 2. The fourth-order valence-electron chi connectivity index (χ4n) is 5.12. The number of ether oxygens (including phenoxy) is 2. The molecule has 0 fully saturated rings. The fourth-order valence-corrected chi connectivity index (χ4v) is 5.12. The van der Waals surface area contributed by atoms with Gasteiger partial charge in [0.05, 0.1) is 29.6 Å². The summed E-state index contributed by atoms with van der Waals surface area (Å²) in [6.07, 6.45) is 2.50. The van der Waals surface area contributed by atoms with Gasteiger partial charge in [-0.1, -0.05) is 43.3 Å². The summed E-state index contributed by atoms with van der Waals surface area (Å²) in [5, 5.41) is 7.28. The number of hydrogen-bond acceptors (Lipinski definition) is 5. The van der Waals surface area contributed by atoms with E-state index in [1.54, 1.807) is 0 Å². The van der Waals surface area contributed by atoms with Crippen molar-refractivity contribution in [2.24, 2.45) is 0 Å². The van der Waals surface area contributed by atoms with E-state index in [9.17, 15) is 4.79 Å². The van der Waals surface area contributed by atoms with Gasteiger partial charge in [0.25, 0.3) is 0 Å². The van der Waals surface area contributed by atoms with Crippen molar-refractivity contribution in [2.75, 3.05) is 10.6 Å². The molecule has 0 saturated heterocycles. The first kappa shape index (κ1) is 24.9. The summed E-state index contributed by atoms with van der Waals surface area (Å²) in [7, 11) is 0. The van der Waals surface area contributed by atoms with Gasteiger partial charge < -0.3 is 20.1 Å². The lowest BCUT2D eigenvalue weighted by Gasteiger charge is -2.30. The van der Waals surface area contributed by atoms with Crippen molar-refractivity contribution in [1.82, 2.24) is 0 Å². The van der Waals surface area contributed by atoms with Gasteiger partial charge in [-0.25, -0.2) is 0 Å².